The van der Waals surface area contributed by atoms with Gasteiger partial charge in [-0.2, -0.15) is 0 Å². The summed E-state index contributed by atoms with van der Waals surface area (Å²) in [7, 11) is 2.07. The molecule has 1 saturated carbocycles. The van der Waals surface area contributed by atoms with Crippen LogP contribution in [-0.4, -0.2) is 31.2 Å². The zero-order valence-corrected chi connectivity index (χ0v) is 11.3. The lowest BCUT2D eigenvalue weighted by atomic mass is 9.86. The molecule has 1 aromatic carbocycles. The minimum Gasteiger partial charge on any atom is -0.478 e. The average molecular weight is 260 g/mol. The van der Waals surface area contributed by atoms with Gasteiger partial charge in [-0.3, -0.25) is 0 Å². The molecule has 0 aromatic heterocycles. The molecule has 4 nitrogen and oxygen atoms in total. The van der Waals surface area contributed by atoms with Crippen LogP contribution in [0.3, 0.4) is 0 Å². The van der Waals surface area contributed by atoms with E-state index in [9.17, 15) is 4.79 Å². The first-order valence-corrected chi connectivity index (χ1v) is 6.92. The Morgan fingerprint density at radius 1 is 1.37 bits per heavy atom. The lowest BCUT2D eigenvalue weighted by Crippen LogP contribution is -2.36. The lowest BCUT2D eigenvalue weighted by Gasteiger charge is -2.31. The standard InChI is InChI=1S/C15H20N2O2/c1-17-10-15(6-2-3-7-15)9-16-12-5-4-11(14(18)19)8-13(12)17/h4-5,8,16H,2-3,6-7,9-10H2,1H3,(H,18,19). The highest BCUT2D eigenvalue weighted by atomic mass is 16.4. The van der Waals surface area contributed by atoms with Gasteiger partial charge in [-0.05, 0) is 31.0 Å². The van der Waals surface area contributed by atoms with Crippen LogP contribution in [0, 0.1) is 5.41 Å². The number of carboxylic acids is 1. The number of carboxylic acid groups (broad SMARTS) is 1. The maximum atomic E-state index is 11.1. The van der Waals surface area contributed by atoms with Gasteiger partial charge in [-0.1, -0.05) is 12.8 Å². The van der Waals surface area contributed by atoms with Crippen LogP contribution in [0.4, 0.5) is 11.4 Å². The van der Waals surface area contributed by atoms with Gasteiger partial charge in [-0.15, -0.1) is 0 Å². The highest BCUT2D eigenvalue weighted by molar-refractivity contribution is 5.91. The molecule has 2 N–H and O–H groups in total. The smallest absolute Gasteiger partial charge is 0.335 e. The lowest BCUT2D eigenvalue weighted by molar-refractivity contribution is 0.0697. The van der Waals surface area contributed by atoms with Gasteiger partial charge < -0.3 is 15.3 Å². The second kappa shape index (κ2) is 4.44. The summed E-state index contributed by atoms with van der Waals surface area (Å²) < 4.78 is 0. The Labute approximate surface area is 113 Å². The molecule has 1 fully saturated rings. The van der Waals surface area contributed by atoms with E-state index in [1.165, 1.54) is 25.7 Å². The number of nitrogens with one attached hydrogen (secondary N) is 1. The van der Waals surface area contributed by atoms with Crippen molar-refractivity contribution in [1.82, 2.24) is 0 Å². The van der Waals surface area contributed by atoms with Gasteiger partial charge in [0.15, 0.2) is 0 Å². The van der Waals surface area contributed by atoms with Crippen molar-refractivity contribution in [3.8, 4) is 0 Å². The van der Waals surface area contributed by atoms with Gasteiger partial charge in [0.1, 0.15) is 0 Å². The van der Waals surface area contributed by atoms with Crippen molar-refractivity contribution in [1.29, 1.82) is 0 Å². The Balaban J connectivity index is 1.94. The van der Waals surface area contributed by atoms with Crippen molar-refractivity contribution in [2.24, 2.45) is 5.41 Å². The van der Waals surface area contributed by atoms with Crippen LogP contribution in [0.25, 0.3) is 0 Å². The molecule has 1 aliphatic carbocycles. The first kappa shape index (κ1) is 12.3. The molecule has 0 bridgehead atoms. The number of hydrogen-bond acceptors (Lipinski definition) is 3. The fraction of sp³-hybridized carbons (Fsp3) is 0.533. The number of anilines is 2. The van der Waals surface area contributed by atoms with Crippen molar-refractivity contribution >= 4 is 17.3 Å². The maximum absolute atomic E-state index is 11.1. The van der Waals surface area contributed by atoms with E-state index in [4.69, 9.17) is 5.11 Å². The number of nitrogens with zero attached hydrogens (tertiary/aromatic N) is 1. The summed E-state index contributed by atoms with van der Waals surface area (Å²) in [6.07, 6.45) is 5.16. The molecule has 1 aliphatic heterocycles. The molecule has 0 radical (unpaired) electrons. The summed E-state index contributed by atoms with van der Waals surface area (Å²) in [6, 6.07) is 5.34. The summed E-state index contributed by atoms with van der Waals surface area (Å²) >= 11 is 0. The molecule has 0 atom stereocenters. The van der Waals surface area contributed by atoms with Crippen LogP contribution in [0.2, 0.25) is 0 Å². The third kappa shape index (κ3) is 2.15. The van der Waals surface area contributed by atoms with Gasteiger partial charge in [0.05, 0.1) is 16.9 Å². The van der Waals surface area contributed by atoms with E-state index < -0.39 is 5.97 Å². The van der Waals surface area contributed by atoms with Crippen LogP contribution >= 0.6 is 0 Å². The Morgan fingerprint density at radius 2 is 2.11 bits per heavy atom. The van der Waals surface area contributed by atoms with E-state index >= 15 is 0 Å². The number of hydrogen-bond donors (Lipinski definition) is 2. The first-order chi connectivity index (χ1) is 9.10. The summed E-state index contributed by atoms with van der Waals surface area (Å²) in [5.74, 6) is -0.865. The second-order valence-corrected chi connectivity index (χ2v) is 5.95. The summed E-state index contributed by atoms with van der Waals surface area (Å²) in [5, 5.41) is 12.6. The number of aromatic carboxylic acids is 1. The largest absolute Gasteiger partial charge is 0.478 e. The van der Waals surface area contributed by atoms with Crippen molar-refractivity contribution in [3.63, 3.8) is 0 Å². The third-order valence-corrected chi connectivity index (χ3v) is 4.55. The molecule has 0 amide bonds. The Hall–Kier alpha value is -1.71. The van der Waals surface area contributed by atoms with Gasteiger partial charge in [0, 0.05) is 25.6 Å². The predicted molar refractivity (Wildman–Crippen MR) is 76.1 cm³/mol. The summed E-state index contributed by atoms with van der Waals surface area (Å²) in [5.41, 5.74) is 2.77. The Morgan fingerprint density at radius 3 is 2.79 bits per heavy atom. The molecule has 102 valence electrons. The van der Waals surface area contributed by atoms with E-state index in [0.29, 0.717) is 11.0 Å². The van der Waals surface area contributed by atoms with Crippen LogP contribution < -0.4 is 10.2 Å². The molecular formula is C15H20N2O2. The third-order valence-electron chi connectivity index (χ3n) is 4.55. The van der Waals surface area contributed by atoms with E-state index in [-0.39, 0.29) is 0 Å². The highest BCUT2D eigenvalue weighted by Gasteiger charge is 2.37. The predicted octanol–water partition coefficient (Wildman–Crippen LogP) is 2.81. The quantitative estimate of drug-likeness (QED) is 0.815. The van der Waals surface area contributed by atoms with Crippen molar-refractivity contribution in [2.75, 3.05) is 30.4 Å². The summed E-state index contributed by atoms with van der Waals surface area (Å²) in [4.78, 5) is 13.3. The van der Waals surface area contributed by atoms with E-state index in [1.54, 1.807) is 12.1 Å². The summed E-state index contributed by atoms with van der Waals surface area (Å²) in [6.45, 7) is 2.01. The fourth-order valence-electron chi connectivity index (χ4n) is 3.52. The van der Waals surface area contributed by atoms with E-state index in [2.05, 4.69) is 17.3 Å². The zero-order valence-electron chi connectivity index (χ0n) is 11.3. The molecular weight excluding hydrogens is 240 g/mol. The minimum absolute atomic E-state index is 0.356. The molecule has 0 saturated heterocycles. The number of carbonyl (C=O) groups is 1. The van der Waals surface area contributed by atoms with Gasteiger partial charge >= 0.3 is 5.97 Å². The van der Waals surface area contributed by atoms with Gasteiger partial charge in [0.25, 0.3) is 0 Å². The molecule has 1 spiro atoms. The molecule has 2 aliphatic rings. The van der Waals surface area contributed by atoms with Crippen LogP contribution in [0.1, 0.15) is 36.0 Å². The molecule has 19 heavy (non-hydrogen) atoms. The zero-order chi connectivity index (χ0) is 13.5. The first-order valence-electron chi connectivity index (χ1n) is 6.92. The van der Waals surface area contributed by atoms with Crippen molar-refractivity contribution in [2.45, 2.75) is 25.7 Å². The van der Waals surface area contributed by atoms with Crippen LogP contribution in [0.5, 0.6) is 0 Å². The topological polar surface area (TPSA) is 52.6 Å². The molecule has 1 heterocycles. The van der Waals surface area contributed by atoms with Crippen molar-refractivity contribution < 1.29 is 9.90 Å². The Kier molecular flexibility index (Phi) is 2.88. The van der Waals surface area contributed by atoms with E-state index in [1.807, 2.05) is 6.07 Å². The highest BCUT2D eigenvalue weighted by Crippen LogP contribution is 2.43. The minimum atomic E-state index is -0.865. The normalized spacial score (nSPS) is 20.8. The maximum Gasteiger partial charge on any atom is 0.335 e. The molecule has 4 heteroatoms. The van der Waals surface area contributed by atoms with Crippen LogP contribution in [-0.2, 0) is 0 Å². The number of rotatable bonds is 1. The molecule has 1 aromatic rings. The monoisotopic (exact) mass is 260 g/mol. The second-order valence-electron chi connectivity index (χ2n) is 5.95. The van der Waals surface area contributed by atoms with Gasteiger partial charge in [0.2, 0.25) is 0 Å². The average Bonchev–Trinajstić information content (AvgIpc) is 2.79. The van der Waals surface area contributed by atoms with Crippen LogP contribution in [0.15, 0.2) is 18.2 Å². The molecule has 0 unspecified atom stereocenters. The molecule has 3 rings (SSSR count). The number of benzene rings is 1. The van der Waals surface area contributed by atoms with E-state index in [0.717, 1.165) is 24.5 Å². The SMILES string of the molecule is CN1CC2(CCCC2)CNc2ccc(C(=O)O)cc21. The van der Waals surface area contributed by atoms with Crippen molar-refractivity contribution in [3.05, 3.63) is 23.8 Å². The fourth-order valence-corrected chi connectivity index (χ4v) is 3.52. The Bertz CT molecular complexity index is 507. The van der Waals surface area contributed by atoms with Gasteiger partial charge in [-0.25, -0.2) is 4.79 Å². The number of fused-ring (bicyclic) bond motifs is 1.